The van der Waals surface area contributed by atoms with E-state index in [0.717, 1.165) is 33.1 Å². The Morgan fingerprint density at radius 2 is 0.727 bits per heavy atom. The van der Waals surface area contributed by atoms with Crippen LogP contribution in [0.15, 0.2) is 199 Å². The molecule has 0 bridgehead atoms. The van der Waals surface area contributed by atoms with Crippen LogP contribution in [-0.2, 0) is 0 Å². The summed E-state index contributed by atoms with van der Waals surface area (Å²) in [6.07, 6.45) is 0. The summed E-state index contributed by atoms with van der Waals surface area (Å²) in [5.41, 5.74) is 9.00. The molecule has 0 fully saturated rings. The Balaban J connectivity index is 0.937. The van der Waals surface area contributed by atoms with Gasteiger partial charge in [0.1, 0.15) is 11.2 Å². The van der Waals surface area contributed by atoms with E-state index in [1.807, 2.05) is 0 Å². The van der Waals surface area contributed by atoms with Crippen LogP contribution in [0.4, 0.5) is 0 Å². The minimum absolute atomic E-state index is 0.905. The molecule has 0 atom stereocenters. The highest BCUT2D eigenvalue weighted by Gasteiger charge is 2.15. The van der Waals surface area contributed by atoms with Crippen LogP contribution in [0.25, 0.3) is 120 Å². The average molecular weight is 697 g/mol. The van der Waals surface area contributed by atoms with E-state index in [0.29, 0.717) is 0 Å². The predicted octanol–water partition coefficient (Wildman–Crippen LogP) is 15.5. The fraction of sp³-hybridized carbons (Fsp3) is 0. The van der Waals surface area contributed by atoms with Crippen molar-refractivity contribution in [2.75, 3.05) is 0 Å². The SMILES string of the molecule is c1ccc2c(-c3ccc4c(c3)oc3cc(-c5ccc6cc(-c7cc8ccc9ccc%10ccccc%10c9c8c8ccccc78)ccc6c5)ccc34)cccc2c1. The van der Waals surface area contributed by atoms with Crippen molar-refractivity contribution >= 4 is 86.6 Å². The van der Waals surface area contributed by atoms with E-state index in [2.05, 4.69) is 194 Å². The Labute approximate surface area is 317 Å². The van der Waals surface area contributed by atoms with Gasteiger partial charge in [-0.1, -0.05) is 152 Å². The molecule has 0 unspecified atom stereocenters. The van der Waals surface area contributed by atoms with Gasteiger partial charge in [-0.25, -0.2) is 0 Å². The first-order valence-electron chi connectivity index (χ1n) is 19.0. The van der Waals surface area contributed by atoms with Crippen molar-refractivity contribution in [2.45, 2.75) is 0 Å². The van der Waals surface area contributed by atoms with Crippen LogP contribution in [0.3, 0.4) is 0 Å². The third-order valence-corrected chi connectivity index (χ3v) is 11.8. The number of hydrogen-bond acceptors (Lipinski definition) is 1. The van der Waals surface area contributed by atoms with Gasteiger partial charge in [0.25, 0.3) is 0 Å². The Hall–Kier alpha value is -7.22. The summed E-state index contributed by atoms with van der Waals surface area (Å²) >= 11 is 0. The minimum Gasteiger partial charge on any atom is -0.456 e. The van der Waals surface area contributed by atoms with Gasteiger partial charge in [0.2, 0.25) is 0 Å². The Bertz CT molecular complexity index is 3540. The van der Waals surface area contributed by atoms with Gasteiger partial charge >= 0.3 is 0 Å². The van der Waals surface area contributed by atoms with E-state index in [4.69, 9.17) is 4.42 Å². The molecular weight excluding hydrogens is 665 g/mol. The van der Waals surface area contributed by atoms with Crippen LogP contribution in [0.2, 0.25) is 0 Å². The Morgan fingerprint density at radius 1 is 0.236 bits per heavy atom. The van der Waals surface area contributed by atoms with E-state index in [9.17, 15) is 0 Å². The van der Waals surface area contributed by atoms with Gasteiger partial charge in [0.05, 0.1) is 0 Å². The molecule has 12 aromatic rings. The van der Waals surface area contributed by atoms with Gasteiger partial charge in [-0.05, 0) is 140 Å². The van der Waals surface area contributed by atoms with Crippen molar-refractivity contribution < 1.29 is 4.42 Å². The largest absolute Gasteiger partial charge is 0.456 e. The van der Waals surface area contributed by atoms with Crippen LogP contribution < -0.4 is 0 Å². The van der Waals surface area contributed by atoms with Gasteiger partial charge in [-0.2, -0.15) is 0 Å². The third kappa shape index (κ3) is 4.67. The first kappa shape index (κ1) is 30.3. The van der Waals surface area contributed by atoms with Crippen molar-refractivity contribution in [1.82, 2.24) is 0 Å². The molecule has 0 aliphatic carbocycles. The first-order valence-corrected chi connectivity index (χ1v) is 19.0. The summed E-state index contributed by atoms with van der Waals surface area (Å²) in [5, 5.41) is 17.5. The van der Waals surface area contributed by atoms with Gasteiger partial charge in [0, 0.05) is 10.8 Å². The molecule has 1 heterocycles. The van der Waals surface area contributed by atoms with E-state index in [-0.39, 0.29) is 0 Å². The smallest absolute Gasteiger partial charge is 0.136 e. The quantitative estimate of drug-likeness (QED) is 0.168. The van der Waals surface area contributed by atoms with Gasteiger partial charge in [0.15, 0.2) is 0 Å². The molecule has 254 valence electrons. The number of fused-ring (bicyclic) bond motifs is 12. The molecule has 0 saturated heterocycles. The fourth-order valence-electron chi connectivity index (χ4n) is 9.13. The van der Waals surface area contributed by atoms with E-state index in [1.165, 1.54) is 86.9 Å². The molecule has 0 spiro atoms. The number of rotatable bonds is 3. The summed E-state index contributed by atoms with van der Waals surface area (Å²) in [6.45, 7) is 0. The molecule has 0 amide bonds. The summed E-state index contributed by atoms with van der Waals surface area (Å²) < 4.78 is 6.55. The normalized spacial score (nSPS) is 12.0. The van der Waals surface area contributed by atoms with Gasteiger partial charge < -0.3 is 4.42 Å². The minimum atomic E-state index is 0.905. The maximum atomic E-state index is 6.55. The zero-order chi connectivity index (χ0) is 36.0. The summed E-state index contributed by atoms with van der Waals surface area (Å²) in [6, 6.07) is 71.1. The summed E-state index contributed by atoms with van der Waals surface area (Å²) in [5.74, 6) is 0. The molecule has 0 N–H and O–H groups in total. The molecular formula is C54H32O. The lowest BCUT2D eigenvalue weighted by Crippen LogP contribution is -1.88. The van der Waals surface area contributed by atoms with Crippen molar-refractivity contribution in [3.05, 3.63) is 194 Å². The zero-order valence-corrected chi connectivity index (χ0v) is 29.9. The second-order valence-electron chi connectivity index (χ2n) is 14.8. The van der Waals surface area contributed by atoms with Crippen LogP contribution in [0.1, 0.15) is 0 Å². The molecule has 0 saturated carbocycles. The second kappa shape index (κ2) is 11.6. The highest BCUT2D eigenvalue weighted by Crippen LogP contribution is 2.42. The maximum Gasteiger partial charge on any atom is 0.136 e. The highest BCUT2D eigenvalue weighted by molar-refractivity contribution is 6.29. The second-order valence-corrected chi connectivity index (χ2v) is 14.8. The monoisotopic (exact) mass is 696 g/mol. The van der Waals surface area contributed by atoms with Crippen molar-refractivity contribution in [3.8, 4) is 33.4 Å². The first-order chi connectivity index (χ1) is 27.2. The van der Waals surface area contributed by atoms with Gasteiger partial charge in [-0.3, -0.25) is 0 Å². The van der Waals surface area contributed by atoms with E-state index in [1.54, 1.807) is 0 Å². The highest BCUT2D eigenvalue weighted by atomic mass is 16.3. The molecule has 0 aliphatic rings. The molecule has 11 aromatic carbocycles. The zero-order valence-electron chi connectivity index (χ0n) is 29.9. The molecule has 55 heavy (non-hydrogen) atoms. The lowest BCUT2D eigenvalue weighted by molar-refractivity contribution is 0.669. The van der Waals surface area contributed by atoms with Crippen LogP contribution in [0.5, 0.6) is 0 Å². The Morgan fingerprint density at radius 3 is 1.53 bits per heavy atom. The lowest BCUT2D eigenvalue weighted by atomic mass is 9.88. The predicted molar refractivity (Wildman–Crippen MR) is 235 cm³/mol. The Kier molecular flexibility index (Phi) is 6.40. The topological polar surface area (TPSA) is 13.1 Å². The van der Waals surface area contributed by atoms with E-state index >= 15 is 0 Å². The molecule has 12 rings (SSSR count). The standard InChI is InChI=1S/C54H32O/c1-3-11-43-33(8-1)10-7-15-44(43)41-25-27-48-47-26-24-39(31-51(47)55-52(48)32-41)37-19-20-38-29-40(22-21-36(38)28-37)50-30-42-23-18-35-17-16-34-9-2-4-12-45(34)53(35)54(42)49-14-6-5-13-46(49)50/h1-32H. The maximum absolute atomic E-state index is 6.55. The van der Waals surface area contributed by atoms with Crippen molar-refractivity contribution in [3.63, 3.8) is 0 Å². The molecule has 0 aliphatic heterocycles. The van der Waals surface area contributed by atoms with Crippen LogP contribution in [-0.4, -0.2) is 0 Å². The molecule has 1 heteroatoms. The van der Waals surface area contributed by atoms with Crippen LogP contribution >= 0.6 is 0 Å². The lowest BCUT2D eigenvalue weighted by Gasteiger charge is -2.15. The van der Waals surface area contributed by atoms with E-state index < -0.39 is 0 Å². The average Bonchev–Trinajstić information content (AvgIpc) is 3.62. The number of hydrogen-bond donors (Lipinski definition) is 0. The number of benzene rings is 11. The molecule has 0 radical (unpaired) electrons. The molecule has 1 nitrogen and oxygen atoms in total. The summed E-state index contributed by atoms with van der Waals surface area (Å²) in [7, 11) is 0. The van der Waals surface area contributed by atoms with Crippen molar-refractivity contribution in [2.24, 2.45) is 0 Å². The van der Waals surface area contributed by atoms with Crippen LogP contribution in [0, 0.1) is 0 Å². The fourth-order valence-corrected chi connectivity index (χ4v) is 9.13. The van der Waals surface area contributed by atoms with Gasteiger partial charge in [-0.15, -0.1) is 0 Å². The summed E-state index contributed by atoms with van der Waals surface area (Å²) in [4.78, 5) is 0. The third-order valence-electron chi connectivity index (χ3n) is 11.8. The molecule has 1 aromatic heterocycles. The van der Waals surface area contributed by atoms with Crippen molar-refractivity contribution in [1.29, 1.82) is 0 Å². The number of furan rings is 1.